The van der Waals surface area contributed by atoms with Crippen LogP contribution in [-0.4, -0.2) is 32.7 Å². The quantitative estimate of drug-likeness (QED) is 0.391. The van der Waals surface area contributed by atoms with E-state index in [0.29, 0.717) is 33.2 Å². The molecular formula is C24H18N4O4S. The van der Waals surface area contributed by atoms with E-state index in [9.17, 15) is 14.7 Å². The molecule has 33 heavy (non-hydrogen) atoms. The molecule has 5 rings (SSSR count). The Labute approximate surface area is 191 Å². The number of aryl methyl sites for hydroxylation is 1. The fourth-order valence-electron chi connectivity index (χ4n) is 3.65. The zero-order valence-electron chi connectivity index (χ0n) is 17.7. The standard InChI is InChI=1S/C24H18N4O4S/c1-13-25-19-9-7-14(26-18-6-4-3-5-16(18)23(30)31)11-17(19)22(29)28(13)24-27-20-10-8-15(32-2)12-21(20)33-24/h3-12,26H,1-2H3,(H,30,31). The first-order valence-corrected chi connectivity index (χ1v) is 10.8. The molecule has 0 aliphatic rings. The summed E-state index contributed by atoms with van der Waals surface area (Å²) in [5.41, 5.74) is 2.22. The lowest BCUT2D eigenvalue weighted by Gasteiger charge is -2.11. The minimum absolute atomic E-state index is 0.141. The van der Waals surface area contributed by atoms with Crippen LogP contribution in [0.2, 0.25) is 0 Å². The van der Waals surface area contributed by atoms with E-state index in [-0.39, 0.29) is 11.1 Å². The number of hydrogen-bond donors (Lipinski definition) is 2. The van der Waals surface area contributed by atoms with Gasteiger partial charge in [-0.15, -0.1) is 0 Å². The largest absolute Gasteiger partial charge is 0.497 e. The number of fused-ring (bicyclic) bond motifs is 2. The third-order valence-electron chi connectivity index (χ3n) is 5.25. The van der Waals surface area contributed by atoms with Crippen LogP contribution in [0.4, 0.5) is 11.4 Å². The van der Waals surface area contributed by atoms with Gasteiger partial charge in [0, 0.05) is 5.69 Å². The van der Waals surface area contributed by atoms with Crippen molar-refractivity contribution < 1.29 is 14.6 Å². The van der Waals surface area contributed by atoms with Crippen LogP contribution < -0.4 is 15.6 Å². The van der Waals surface area contributed by atoms with Crippen molar-refractivity contribution in [2.75, 3.05) is 12.4 Å². The van der Waals surface area contributed by atoms with E-state index in [1.807, 2.05) is 18.2 Å². The van der Waals surface area contributed by atoms with Gasteiger partial charge in [0.25, 0.3) is 5.56 Å². The second kappa shape index (κ2) is 8.03. The monoisotopic (exact) mass is 458 g/mol. The predicted molar refractivity (Wildman–Crippen MR) is 128 cm³/mol. The summed E-state index contributed by atoms with van der Waals surface area (Å²) in [4.78, 5) is 34.2. The molecule has 0 amide bonds. The lowest BCUT2D eigenvalue weighted by atomic mass is 10.1. The van der Waals surface area contributed by atoms with E-state index in [1.54, 1.807) is 50.4 Å². The minimum atomic E-state index is -1.04. The number of ether oxygens (including phenoxy) is 1. The molecule has 0 fully saturated rings. The Morgan fingerprint density at radius 2 is 1.85 bits per heavy atom. The minimum Gasteiger partial charge on any atom is -0.497 e. The lowest BCUT2D eigenvalue weighted by molar-refractivity contribution is 0.0698. The number of carboxylic acid groups (broad SMARTS) is 1. The van der Waals surface area contributed by atoms with Crippen LogP contribution in [0.3, 0.4) is 0 Å². The zero-order valence-corrected chi connectivity index (χ0v) is 18.5. The molecule has 5 aromatic rings. The fourth-order valence-corrected chi connectivity index (χ4v) is 4.69. The highest BCUT2D eigenvalue weighted by Gasteiger charge is 2.15. The molecule has 0 radical (unpaired) electrons. The summed E-state index contributed by atoms with van der Waals surface area (Å²) in [5, 5.41) is 13.4. The summed E-state index contributed by atoms with van der Waals surface area (Å²) in [6.45, 7) is 1.77. The van der Waals surface area contributed by atoms with Gasteiger partial charge in [-0.05, 0) is 55.5 Å². The Balaban J connectivity index is 1.62. The van der Waals surface area contributed by atoms with Gasteiger partial charge in [-0.3, -0.25) is 4.79 Å². The van der Waals surface area contributed by atoms with Crippen molar-refractivity contribution in [1.29, 1.82) is 0 Å². The normalized spacial score (nSPS) is 11.1. The van der Waals surface area contributed by atoms with Crippen LogP contribution in [0.1, 0.15) is 16.2 Å². The Morgan fingerprint density at radius 1 is 1.06 bits per heavy atom. The van der Waals surface area contributed by atoms with Gasteiger partial charge in [0.15, 0.2) is 5.13 Å². The van der Waals surface area contributed by atoms with E-state index in [4.69, 9.17) is 4.74 Å². The highest BCUT2D eigenvalue weighted by atomic mass is 32.1. The number of aromatic carboxylic acids is 1. The van der Waals surface area contributed by atoms with Crippen LogP contribution in [0.5, 0.6) is 5.75 Å². The SMILES string of the molecule is COc1ccc2nc(-n3c(C)nc4ccc(Nc5ccccc5C(=O)O)cc4c3=O)sc2c1. The third kappa shape index (κ3) is 3.68. The molecule has 0 unspecified atom stereocenters. The maximum atomic E-state index is 13.5. The molecule has 3 aromatic carbocycles. The summed E-state index contributed by atoms with van der Waals surface area (Å²) in [7, 11) is 1.60. The fraction of sp³-hybridized carbons (Fsp3) is 0.0833. The molecular weight excluding hydrogens is 440 g/mol. The maximum Gasteiger partial charge on any atom is 0.337 e. The molecule has 2 heterocycles. The summed E-state index contributed by atoms with van der Waals surface area (Å²) >= 11 is 1.38. The first-order chi connectivity index (χ1) is 15.9. The number of nitrogens with one attached hydrogen (secondary N) is 1. The predicted octanol–water partition coefficient (Wildman–Crippen LogP) is 4.75. The average molecular weight is 458 g/mol. The van der Waals surface area contributed by atoms with Crippen LogP contribution in [0.25, 0.3) is 26.3 Å². The smallest absolute Gasteiger partial charge is 0.337 e. The molecule has 0 aliphatic heterocycles. The van der Waals surface area contributed by atoms with Gasteiger partial charge in [-0.1, -0.05) is 23.5 Å². The highest BCUT2D eigenvalue weighted by Crippen LogP contribution is 2.29. The Bertz CT molecular complexity index is 1610. The number of thiazole rings is 1. The van der Waals surface area contributed by atoms with Gasteiger partial charge in [0.2, 0.25) is 0 Å². The summed E-state index contributed by atoms with van der Waals surface area (Å²) < 4.78 is 7.68. The molecule has 0 bridgehead atoms. The van der Waals surface area contributed by atoms with Gasteiger partial charge in [-0.25, -0.2) is 19.3 Å². The van der Waals surface area contributed by atoms with Crippen LogP contribution in [0.15, 0.2) is 65.5 Å². The van der Waals surface area contributed by atoms with Crippen molar-refractivity contribution in [3.63, 3.8) is 0 Å². The number of hydrogen-bond acceptors (Lipinski definition) is 7. The second-order valence-corrected chi connectivity index (χ2v) is 8.35. The summed E-state index contributed by atoms with van der Waals surface area (Å²) in [5.74, 6) is 0.206. The number of carbonyl (C=O) groups is 1. The van der Waals surface area contributed by atoms with Gasteiger partial charge in [-0.2, -0.15) is 0 Å². The number of carboxylic acids is 1. The van der Waals surface area contributed by atoms with Crippen LogP contribution in [-0.2, 0) is 0 Å². The lowest BCUT2D eigenvalue weighted by Crippen LogP contribution is -2.22. The molecule has 8 nitrogen and oxygen atoms in total. The van der Waals surface area contributed by atoms with E-state index in [2.05, 4.69) is 15.3 Å². The first-order valence-electron chi connectivity index (χ1n) is 10.0. The van der Waals surface area contributed by atoms with Crippen molar-refractivity contribution >= 4 is 49.8 Å². The van der Waals surface area contributed by atoms with Gasteiger partial charge >= 0.3 is 5.97 Å². The number of methoxy groups -OCH3 is 1. The number of nitrogens with zero attached hydrogens (tertiary/aromatic N) is 3. The molecule has 2 aromatic heterocycles. The summed E-state index contributed by atoms with van der Waals surface area (Å²) in [6, 6.07) is 17.3. The Hall–Kier alpha value is -4.24. The van der Waals surface area contributed by atoms with Crippen molar-refractivity contribution in [1.82, 2.24) is 14.5 Å². The second-order valence-electron chi connectivity index (χ2n) is 7.34. The Morgan fingerprint density at radius 3 is 2.64 bits per heavy atom. The molecule has 9 heteroatoms. The first kappa shape index (κ1) is 20.7. The van der Waals surface area contributed by atoms with Crippen LogP contribution >= 0.6 is 11.3 Å². The van der Waals surface area contributed by atoms with Crippen molar-refractivity contribution in [2.45, 2.75) is 6.92 Å². The van der Waals surface area contributed by atoms with Gasteiger partial charge < -0.3 is 15.2 Å². The Kier molecular flexibility index (Phi) is 5.02. The molecule has 0 saturated heterocycles. The molecule has 2 N–H and O–H groups in total. The molecule has 0 saturated carbocycles. The maximum absolute atomic E-state index is 13.5. The number of benzene rings is 3. The zero-order chi connectivity index (χ0) is 23.1. The van der Waals surface area contributed by atoms with Crippen molar-refractivity contribution in [3.05, 3.63) is 82.4 Å². The van der Waals surface area contributed by atoms with Gasteiger partial charge in [0.1, 0.15) is 11.6 Å². The molecule has 164 valence electrons. The highest BCUT2D eigenvalue weighted by molar-refractivity contribution is 7.20. The molecule has 0 aliphatic carbocycles. The van der Waals surface area contributed by atoms with E-state index < -0.39 is 5.97 Å². The molecule has 0 spiro atoms. The number of rotatable bonds is 5. The number of para-hydroxylation sites is 1. The van der Waals surface area contributed by atoms with Crippen molar-refractivity contribution in [3.8, 4) is 10.9 Å². The van der Waals surface area contributed by atoms with Crippen molar-refractivity contribution in [2.24, 2.45) is 0 Å². The number of aromatic nitrogens is 3. The van der Waals surface area contributed by atoms with Crippen LogP contribution in [0, 0.1) is 6.92 Å². The topological polar surface area (TPSA) is 106 Å². The molecule has 0 atom stereocenters. The third-order valence-corrected chi connectivity index (χ3v) is 6.25. The van der Waals surface area contributed by atoms with E-state index in [1.165, 1.54) is 22.0 Å². The van der Waals surface area contributed by atoms with E-state index >= 15 is 0 Å². The average Bonchev–Trinajstić information content (AvgIpc) is 3.22. The number of anilines is 2. The van der Waals surface area contributed by atoms with Gasteiger partial charge in [0.05, 0.1) is 39.5 Å². The summed E-state index contributed by atoms with van der Waals surface area (Å²) in [6.07, 6.45) is 0. The van der Waals surface area contributed by atoms with E-state index in [0.717, 1.165) is 16.0 Å².